The molecule has 0 aromatic carbocycles. The van der Waals surface area contributed by atoms with Gasteiger partial charge in [0.05, 0.1) is 6.61 Å². The van der Waals surface area contributed by atoms with E-state index in [1.807, 2.05) is 13.8 Å². The third-order valence-electron chi connectivity index (χ3n) is 4.69. The molecule has 0 saturated heterocycles. The first-order valence-corrected chi connectivity index (χ1v) is 12.0. The van der Waals surface area contributed by atoms with Crippen LogP contribution in [0.4, 0.5) is 0 Å². The van der Waals surface area contributed by atoms with Gasteiger partial charge in [0.25, 0.3) is 0 Å². The summed E-state index contributed by atoms with van der Waals surface area (Å²) in [4.78, 5) is 21.8. The highest BCUT2D eigenvalue weighted by Gasteiger charge is 2.04. The van der Waals surface area contributed by atoms with Crippen LogP contribution in [0.3, 0.4) is 0 Å². The van der Waals surface area contributed by atoms with Crippen LogP contribution in [0.15, 0.2) is 0 Å². The minimum Gasteiger partial charge on any atom is -0.481 e. The van der Waals surface area contributed by atoms with Gasteiger partial charge in [-0.3, -0.25) is 9.59 Å². The van der Waals surface area contributed by atoms with Crippen LogP contribution in [-0.4, -0.2) is 36.9 Å². The molecule has 1 N–H and O–H groups in total. The Hall–Kier alpha value is -1.10. The maximum atomic E-state index is 11.4. The van der Waals surface area contributed by atoms with E-state index in [-0.39, 0.29) is 12.4 Å². The van der Waals surface area contributed by atoms with E-state index >= 15 is 0 Å². The Kier molecular flexibility index (Phi) is 27.9. The fourth-order valence-electron chi connectivity index (χ4n) is 2.95. The van der Waals surface area contributed by atoms with Crippen molar-refractivity contribution in [2.24, 2.45) is 0 Å². The average molecular weight is 417 g/mol. The summed E-state index contributed by atoms with van der Waals surface area (Å²) in [6.45, 7) is 8.43. The summed E-state index contributed by atoms with van der Waals surface area (Å²) < 4.78 is 9.99. The van der Waals surface area contributed by atoms with Crippen LogP contribution in [-0.2, 0) is 19.1 Å². The second-order valence-corrected chi connectivity index (χ2v) is 7.49. The molecule has 0 aromatic heterocycles. The third-order valence-corrected chi connectivity index (χ3v) is 4.69. The number of aliphatic carboxylic acids is 1. The van der Waals surface area contributed by atoms with Gasteiger partial charge < -0.3 is 14.6 Å². The van der Waals surface area contributed by atoms with Gasteiger partial charge in [0.1, 0.15) is 0 Å². The third kappa shape index (κ3) is 31.8. The smallest absolute Gasteiger partial charge is 0.305 e. The summed E-state index contributed by atoms with van der Waals surface area (Å²) in [5.74, 6) is -0.997. The van der Waals surface area contributed by atoms with Crippen molar-refractivity contribution in [3.8, 4) is 0 Å². The van der Waals surface area contributed by atoms with Gasteiger partial charge in [-0.15, -0.1) is 0 Å². The molecule has 5 heteroatoms. The maximum Gasteiger partial charge on any atom is 0.305 e. The van der Waals surface area contributed by atoms with Crippen molar-refractivity contribution < 1.29 is 24.2 Å². The van der Waals surface area contributed by atoms with Gasteiger partial charge in [0.2, 0.25) is 0 Å². The van der Waals surface area contributed by atoms with Crippen LogP contribution in [0.2, 0.25) is 0 Å². The van der Waals surface area contributed by atoms with Gasteiger partial charge in [-0.05, 0) is 33.1 Å². The zero-order chi connectivity index (χ0) is 22.0. The van der Waals surface area contributed by atoms with E-state index in [9.17, 15) is 9.59 Å². The van der Waals surface area contributed by atoms with Crippen LogP contribution in [0.25, 0.3) is 0 Å². The molecule has 0 aliphatic heterocycles. The Morgan fingerprint density at radius 1 is 0.621 bits per heavy atom. The monoisotopic (exact) mass is 416 g/mol. The van der Waals surface area contributed by atoms with E-state index in [4.69, 9.17) is 14.6 Å². The average Bonchev–Trinajstić information content (AvgIpc) is 2.70. The van der Waals surface area contributed by atoms with Crippen molar-refractivity contribution in [2.75, 3.05) is 19.8 Å². The van der Waals surface area contributed by atoms with Gasteiger partial charge >= 0.3 is 11.9 Å². The minimum absolute atomic E-state index is 0.131. The quantitative estimate of drug-likeness (QED) is 0.172. The zero-order valence-electron chi connectivity index (χ0n) is 19.5. The summed E-state index contributed by atoms with van der Waals surface area (Å²) in [6, 6.07) is 0. The van der Waals surface area contributed by atoms with Gasteiger partial charge in [-0.25, -0.2) is 0 Å². The number of carboxylic acid groups (broad SMARTS) is 1. The molecular weight excluding hydrogens is 368 g/mol. The lowest BCUT2D eigenvalue weighted by Crippen LogP contribution is -2.06. The first-order chi connectivity index (χ1) is 14.1. The fraction of sp³-hybridized carbons (Fsp3) is 0.917. The zero-order valence-corrected chi connectivity index (χ0v) is 19.5. The van der Waals surface area contributed by atoms with Crippen LogP contribution in [0, 0.1) is 0 Å². The molecule has 0 heterocycles. The molecule has 0 amide bonds. The van der Waals surface area contributed by atoms with Gasteiger partial charge in [-0.2, -0.15) is 0 Å². The molecule has 0 aromatic rings. The summed E-state index contributed by atoms with van der Waals surface area (Å²) >= 11 is 0. The van der Waals surface area contributed by atoms with Crippen LogP contribution < -0.4 is 0 Å². The Morgan fingerprint density at radius 3 is 1.48 bits per heavy atom. The highest BCUT2D eigenvalue weighted by molar-refractivity contribution is 5.69. The van der Waals surface area contributed by atoms with E-state index in [1.165, 1.54) is 64.2 Å². The Labute approximate surface area is 179 Å². The van der Waals surface area contributed by atoms with Crippen LogP contribution in [0.5, 0.6) is 0 Å². The molecule has 0 bridgehead atoms. The van der Waals surface area contributed by atoms with Gasteiger partial charge in [0, 0.05) is 26.1 Å². The van der Waals surface area contributed by atoms with Crippen LogP contribution in [0.1, 0.15) is 124 Å². The van der Waals surface area contributed by atoms with Gasteiger partial charge in [-0.1, -0.05) is 77.6 Å². The van der Waals surface area contributed by atoms with Crippen molar-refractivity contribution in [3.63, 3.8) is 0 Å². The SMILES string of the molecule is CCCCCCCCCCCCCCOC(=O)CCCCC(=O)O.CCOCC. The standard InChI is InChI=1S/C20H38O4.C4H10O/c1-2-3-4-5-6-7-8-9-10-11-12-15-18-24-20(23)17-14-13-16-19(21)22;1-3-5-4-2/h2-18H2,1H3,(H,21,22);3-4H2,1-2H3. The van der Waals surface area contributed by atoms with Crippen molar-refractivity contribution in [2.45, 2.75) is 124 Å². The van der Waals surface area contributed by atoms with E-state index in [2.05, 4.69) is 6.92 Å². The molecule has 0 saturated carbocycles. The topological polar surface area (TPSA) is 72.8 Å². The normalized spacial score (nSPS) is 10.3. The predicted octanol–water partition coefficient (Wildman–Crippen LogP) is 6.92. The number of rotatable bonds is 20. The number of carbonyl (C=O) groups is 2. The molecule has 0 spiro atoms. The van der Waals surface area contributed by atoms with Gasteiger partial charge in [0.15, 0.2) is 0 Å². The molecule has 174 valence electrons. The molecule has 5 nitrogen and oxygen atoms in total. The lowest BCUT2D eigenvalue weighted by molar-refractivity contribution is -0.144. The number of ether oxygens (including phenoxy) is 2. The van der Waals surface area contributed by atoms with Crippen molar-refractivity contribution in [1.82, 2.24) is 0 Å². The van der Waals surface area contributed by atoms with E-state index < -0.39 is 5.97 Å². The summed E-state index contributed by atoms with van der Waals surface area (Å²) in [5, 5.41) is 8.50. The molecule has 0 aliphatic rings. The number of hydrogen-bond acceptors (Lipinski definition) is 4. The van der Waals surface area contributed by atoms with Crippen molar-refractivity contribution in [3.05, 3.63) is 0 Å². The number of esters is 1. The highest BCUT2D eigenvalue weighted by atomic mass is 16.5. The molecule has 0 radical (unpaired) electrons. The molecule has 0 rings (SSSR count). The van der Waals surface area contributed by atoms with Crippen molar-refractivity contribution in [1.29, 1.82) is 0 Å². The first kappa shape index (κ1) is 30.1. The number of carboxylic acids is 1. The summed E-state index contributed by atoms with van der Waals surface area (Å²) in [6.07, 6.45) is 17.2. The summed E-state index contributed by atoms with van der Waals surface area (Å²) in [7, 11) is 0. The molecule has 0 fully saturated rings. The Balaban J connectivity index is 0. The van der Waals surface area contributed by atoms with E-state index in [0.29, 0.717) is 25.9 Å². The van der Waals surface area contributed by atoms with E-state index in [0.717, 1.165) is 26.1 Å². The fourth-order valence-corrected chi connectivity index (χ4v) is 2.95. The molecule has 0 unspecified atom stereocenters. The molecule has 29 heavy (non-hydrogen) atoms. The van der Waals surface area contributed by atoms with E-state index in [1.54, 1.807) is 0 Å². The van der Waals surface area contributed by atoms with Crippen LogP contribution >= 0.6 is 0 Å². The number of unbranched alkanes of at least 4 members (excludes halogenated alkanes) is 12. The summed E-state index contributed by atoms with van der Waals surface area (Å²) in [5.41, 5.74) is 0. The lowest BCUT2D eigenvalue weighted by atomic mass is 10.1. The molecule has 0 atom stereocenters. The molecule has 0 aliphatic carbocycles. The van der Waals surface area contributed by atoms with Crippen molar-refractivity contribution >= 4 is 11.9 Å². The molecular formula is C24H48O5. The second-order valence-electron chi connectivity index (χ2n) is 7.49. The largest absolute Gasteiger partial charge is 0.481 e. The number of carbonyl (C=O) groups excluding carboxylic acids is 1. The first-order valence-electron chi connectivity index (χ1n) is 12.0. The lowest BCUT2D eigenvalue weighted by Gasteiger charge is -2.05. The highest BCUT2D eigenvalue weighted by Crippen LogP contribution is 2.12. The minimum atomic E-state index is -0.806. The number of hydrogen-bond donors (Lipinski definition) is 1. The second kappa shape index (κ2) is 26.9. The Morgan fingerprint density at radius 2 is 1.07 bits per heavy atom. The predicted molar refractivity (Wildman–Crippen MR) is 120 cm³/mol. The Bertz CT molecular complexity index is 342. The maximum absolute atomic E-state index is 11.4.